The fourth-order valence-corrected chi connectivity index (χ4v) is 2.55. The van der Waals surface area contributed by atoms with Crippen molar-refractivity contribution in [1.29, 1.82) is 0 Å². The number of carbonyl (C=O) groups is 1. The van der Waals surface area contributed by atoms with E-state index in [1.807, 2.05) is 13.0 Å². The minimum Gasteiger partial charge on any atom is -0.324 e. The summed E-state index contributed by atoms with van der Waals surface area (Å²) >= 11 is 0. The van der Waals surface area contributed by atoms with Crippen LogP contribution in [0.1, 0.15) is 33.4 Å². The largest absolute Gasteiger partial charge is 0.324 e. The van der Waals surface area contributed by atoms with Crippen LogP contribution in [-0.4, -0.2) is 50.4 Å². The second-order valence-corrected chi connectivity index (χ2v) is 7.66. The van der Waals surface area contributed by atoms with Gasteiger partial charge in [0.05, 0.1) is 5.69 Å². The van der Waals surface area contributed by atoms with Gasteiger partial charge in [-0.3, -0.25) is 9.53 Å². The number of amides is 2. The molecule has 1 N–H and O–H groups in total. The van der Waals surface area contributed by atoms with Gasteiger partial charge in [0.2, 0.25) is 0 Å². The standard InChI is InChI=1S/C14H24N4O2S/c1-10(9-21(6)20)18(5)13(19)15-12-8-7-11(16-17-12)14(2,3)4/h7-8,10H,9H2,1-6H3,(H,15,17,19)/t10-,21+/m0/s1. The molecule has 1 aromatic heterocycles. The van der Waals surface area contributed by atoms with Crippen LogP contribution < -0.4 is 5.32 Å². The summed E-state index contributed by atoms with van der Waals surface area (Å²) in [4.78, 5) is 13.6. The SMILES string of the molecule is C[C@@H](C[S@@](C)=O)N(C)C(=O)Nc1ccc(C(C)(C)C)nn1. The van der Waals surface area contributed by atoms with Gasteiger partial charge in [0.1, 0.15) is 0 Å². The molecule has 2 amide bonds. The van der Waals surface area contributed by atoms with Crippen molar-refractivity contribution < 1.29 is 9.00 Å². The third-order valence-corrected chi connectivity index (χ3v) is 4.08. The molecule has 7 heteroatoms. The Morgan fingerprint density at radius 2 is 2.00 bits per heavy atom. The van der Waals surface area contributed by atoms with Crippen molar-refractivity contribution >= 4 is 22.6 Å². The molecule has 0 aliphatic rings. The molecule has 118 valence electrons. The normalized spacial score (nSPS) is 14.4. The Bertz CT molecular complexity index is 511. The van der Waals surface area contributed by atoms with Crippen molar-refractivity contribution in [3.63, 3.8) is 0 Å². The Morgan fingerprint density at radius 1 is 1.38 bits per heavy atom. The molecule has 0 saturated heterocycles. The maximum Gasteiger partial charge on any atom is 0.323 e. The van der Waals surface area contributed by atoms with Crippen molar-refractivity contribution in [3.05, 3.63) is 17.8 Å². The number of carbonyl (C=O) groups excluding carboxylic acids is 1. The van der Waals surface area contributed by atoms with Gasteiger partial charge >= 0.3 is 6.03 Å². The highest BCUT2D eigenvalue weighted by Gasteiger charge is 2.19. The van der Waals surface area contributed by atoms with Crippen LogP contribution >= 0.6 is 0 Å². The molecular weight excluding hydrogens is 288 g/mol. The molecule has 0 spiro atoms. The lowest BCUT2D eigenvalue weighted by atomic mass is 9.92. The Balaban J connectivity index is 2.68. The number of hydrogen-bond acceptors (Lipinski definition) is 4. The summed E-state index contributed by atoms with van der Waals surface area (Å²) in [6.45, 7) is 8.01. The van der Waals surface area contributed by atoms with E-state index in [-0.39, 0.29) is 17.5 Å². The van der Waals surface area contributed by atoms with Gasteiger partial charge in [-0.25, -0.2) is 4.79 Å². The first-order valence-electron chi connectivity index (χ1n) is 6.79. The average molecular weight is 312 g/mol. The number of nitrogens with zero attached hydrogens (tertiary/aromatic N) is 3. The molecule has 1 heterocycles. The molecule has 0 bridgehead atoms. The molecule has 0 unspecified atom stereocenters. The van der Waals surface area contributed by atoms with Crippen LogP contribution in [-0.2, 0) is 16.2 Å². The van der Waals surface area contributed by atoms with E-state index >= 15 is 0 Å². The van der Waals surface area contributed by atoms with Gasteiger partial charge in [-0.05, 0) is 19.1 Å². The number of anilines is 1. The summed E-state index contributed by atoms with van der Waals surface area (Å²) in [6.07, 6.45) is 1.62. The maximum atomic E-state index is 12.1. The van der Waals surface area contributed by atoms with Gasteiger partial charge < -0.3 is 4.90 Å². The van der Waals surface area contributed by atoms with Gasteiger partial charge in [0.25, 0.3) is 0 Å². The van der Waals surface area contributed by atoms with Crippen LogP contribution in [0.3, 0.4) is 0 Å². The summed E-state index contributed by atoms with van der Waals surface area (Å²) < 4.78 is 11.2. The van der Waals surface area contributed by atoms with Crippen molar-refractivity contribution in [2.24, 2.45) is 0 Å². The van der Waals surface area contributed by atoms with Crippen LogP contribution in [0.4, 0.5) is 10.6 Å². The van der Waals surface area contributed by atoms with Crippen LogP contribution in [0.25, 0.3) is 0 Å². The van der Waals surface area contributed by atoms with Gasteiger partial charge in [-0.15, -0.1) is 5.10 Å². The van der Waals surface area contributed by atoms with E-state index in [1.165, 1.54) is 4.90 Å². The molecular formula is C14H24N4O2S. The highest BCUT2D eigenvalue weighted by molar-refractivity contribution is 7.84. The number of aromatic nitrogens is 2. The second-order valence-electron chi connectivity index (χ2n) is 6.18. The molecule has 0 aromatic carbocycles. The van der Waals surface area contributed by atoms with Crippen molar-refractivity contribution in [2.75, 3.05) is 24.4 Å². The topological polar surface area (TPSA) is 75.2 Å². The molecule has 0 aliphatic carbocycles. The van der Waals surface area contributed by atoms with E-state index in [9.17, 15) is 9.00 Å². The average Bonchev–Trinajstić information content (AvgIpc) is 2.36. The quantitative estimate of drug-likeness (QED) is 0.922. The van der Waals surface area contributed by atoms with Crippen molar-refractivity contribution in [3.8, 4) is 0 Å². The molecule has 1 aromatic rings. The van der Waals surface area contributed by atoms with E-state index in [1.54, 1.807) is 19.4 Å². The first kappa shape index (κ1) is 17.6. The molecule has 0 aliphatic heterocycles. The molecule has 6 nitrogen and oxygen atoms in total. The predicted molar refractivity (Wildman–Crippen MR) is 85.9 cm³/mol. The van der Waals surface area contributed by atoms with Crippen LogP contribution in [0.15, 0.2) is 12.1 Å². The lowest BCUT2D eigenvalue weighted by Gasteiger charge is -2.24. The Hall–Kier alpha value is -1.50. The fourth-order valence-electron chi connectivity index (χ4n) is 1.65. The minimum atomic E-state index is -0.942. The van der Waals surface area contributed by atoms with Crippen LogP contribution in [0.2, 0.25) is 0 Å². The van der Waals surface area contributed by atoms with Gasteiger partial charge in [-0.2, -0.15) is 5.10 Å². The third-order valence-electron chi connectivity index (χ3n) is 3.13. The lowest BCUT2D eigenvalue weighted by Crippen LogP contribution is -2.41. The first-order valence-corrected chi connectivity index (χ1v) is 8.52. The number of urea groups is 1. The lowest BCUT2D eigenvalue weighted by molar-refractivity contribution is 0.212. The fraction of sp³-hybridized carbons (Fsp3) is 0.643. The Labute approximate surface area is 128 Å². The Kier molecular flexibility index (Phi) is 5.83. The molecule has 1 rings (SSSR count). The van der Waals surface area contributed by atoms with Crippen LogP contribution in [0, 0.1) is 0 Å². The van der Waals surface area contributed by atoms with E-state index in [4.69, 9.17) is 0 Å². The van der Waals surface area contributed by atoms with E-state index in [0.717, 1.165) is 5.69 Å². The molecule has 2 atom stereocenters. The number of hydrogen-bond donors (Lipinski definition) is 1. The zero-order chi connectivity index (χ0) is 16.2. The highest BCUT2D eigenvalue weighted by Crippen LogP contribution is 2.19. The summed E-state index contributed by atoms with van der Waals surface area (Å²) in [5.41, 5.74) is 0.787. The molecule has 0 radical (unpaired) electrons. The monoisotopic (exact) mass is 312 g/mol. The third kappa shape index (κ3) is 5.41. The minimum absolute atomic E-state index is 0.0773. The molecule has 21 heavy (non-hydrogen) atoms. The predicted octanol–water partition coefficient (Wildman–Crippen LogP) is 2.00. The van der Waals surface area contributed by atoms with Gasteiger partial charge in [0, 0.05) is 41.3 Å². The molecule has 0 saturated carbocycles. The summed E-state index contributed by atoms with van der Waals surface area (Å²) in [7, 11) is 0.728. The zero-order valence-electron chi connectivity index (χ0n) is 13.5. The summed E-state index contributed by atoms with van der Waals surface area (Å²) in [5, 5.41) is 10.8. The smallest absolute Gasteiger partial charge is 0.323 e. The zero-order valence-corrected chi connectivity index (χ0v) is 14.3. The van der Waals surface area contributed by atoms with E-state index in [0.29, 0.717) is 11.6 Å². The maximum absolute atomic E-state index is 12.1. The summed E-state index contributed by atoms with van der Waals surface area (Å²) in [6, 6.07) is 3.19. The summed E-state index contributed by atoms with van der Waals surface area (Å²) in [5.74, 6) is 0.850. The van der Waals surface area contributed by atoms with E-state index in [2.05, 4.69) is 36.3 Å². The van der Waals surface area contributed by atoms with Gasteiger partial charge in [0.15, 0.2) is 5.82 Å². The van der Waals surface area contributed by atoms with Crippen molar-refractivity contribution in [2.45, 2.75) is 39.2 Å². The number of rotatable bonds is 4. The second kappa shape index (κ2) is 6.98. The number of nitrogens with one attached hydrogen (secondary N) is 1. The van der Waals surface area contributed by atoms with Crippen LogP contribution in [0.5, 0.6) is 0 Å². The van der Waals surface area contributed by atoms with Crippen molar-refractivity contribution in [1.82, 2.24) is 15.1 Å². The highest BCUT2D eigenvalue weighted by atomic mass is 32.2. The molecule has 0 fully saturated rings. The van der Waals surface area contributed by atoms with E-state index < -0.39 is 10.8 Å². The Morgan fingerprint density at radius 3 is 2.43 bits per heavy atom. The first-order chi connectivity index (χ1) is 9.61. The van der Waals surface area contributed by atoms with Gasteiger partial charge in [-0.1, -0.05) is 20.8 Å².